The van der Waals surface area contributed by atoms with E-state index in [1.165, 1.54) is 11.8 Å². The Balaban J connectivity index is 1.37. The number of halogens is 1. The lowest BCUT2D eigenvalue weighted by Gasteiger charge is -2.17. The van der Waals surface area contributed by atoms with Crippen LogP contribution in [0.1, 0.15) is 32.5 Å². The molecule has 1 aromatic heterocycles. The molecule has 0 spiro atoms. The maximum Gasteiger partial charge on any atom is 0.272 e. The van der Waals surface area contributed by atoms with E-state index in [0.29, 0.717) is 33.4 Å². The summed E-state index contributed by atoms with van der Waals surface area (Å²) in [4.78, 5) is 40.6. The van der Waals surface area contributed by atoms with Crippen LogP contribution in [0.2, 0.25) is 5.02 Å². The number of aryl methyl sites for hydroxylation is 1. The average molecular weight is 623 g/mol. The molecule has 4 aromatic carbocycles. The predicted octanol–water partition coefficient (Wildman–Crippen LogP) is 7.52. The van der Waals surface area contributed by atoms with E-state index >= 15 is 0 Å². The van der Waals surface area contributed by atoms with E-state index in [0.717, 1.165) is 10.5 Å². The van der Waals surface area contributed by atoms with Crippen molar-refractivity contribution in [3.8, 4) is 0 Å². The van der Waals surface area contributed by atoms with Gasteiger partial charge in [-0.25, -0.2) is 0 Å². The zero-order chi connectivity index (χ0) is 30.9. The van der Waals surface area contributed by atoms with Crippen LogP contribution in [0.5, 0.6) is 0 Å². The molecule has 44 heavy (non-hydrogen) atoms. The van der Waals surface area contributed by atoms with E-state index in [1.807, 2.05) is 36.4 Å². The Hall–Kier alpha value is -5.12. The van der Waals surface area contributed by atoms with Gasteiger partial charge >= 0.3 is 0 Å². The van der Waals surface area contributed by atoms with Crippen LogP contribution in [0.3, 0.4) is 0 Å². The third kappa shape index (κ3) is 8.25. The second kappa shape index (κ2) is 14.4. The standard InChI is InChI=1S/C34H27ClN4O4S/c1-22-18-30(39-43-22)38-34(42)31(24-11-4-2-5-12-24)44-28-17-9-16-27(21-28)36-33(41)29(20-23-10-8-15-26(35)19-23)37-32(40)25-13-6-3-7-14-25/h2-21,31H,1H3,(H,36,41)(H,37,40)(H,38,39,42)/b29-20-. The average Bonchev–Trinajstić information content (AvgIpc) is 3.44. The molecule has 5 rings (SSSR count). The van der Waals surface area contributed by atoms with Crippen molar-refractivity contribution in [1.29, 1.82) is 0 Å². The van der Waals surface area contributed by atoms with Crippen LogP contribution in [-0.2, 0) is 9.59 Å². The lowest BCUT2D eigenvalue weighted by atomic mass is 10.1. The van der Waals surface area contributed by atoms with Crippen molar-refractivity contribution in [2.24, 2.45) is 0 Å². The van der Waals surface area contributed by atoms with Crippen molar-refractivity contribution in [3.63, 3.8) is 0 Å². The zero-order valence-corrected chi connectivity index (χ0v) is 25.1. The molecular weight excluding hydrogens is 596 g/mol. The first-order valence-electron chi connectivity index (χ1n) is 13.5. The van der Waals surface area contributed by atoms with Gasteiger partial charge in [-0.3, -0.25) is 14.4 Å². The summed E-state index contributed by atoms with van der Waals surface area (Å²) >= 11 is 7.47. The number of rotatable bonds is 10. The molecule has 1 heterocycles. The maximum atomic E-state index is 13.5. The summed E-state index contributed by atoms with van der Waals surface area (Å²) in [5, 5.41) is 12.1. The molecule has 0 aliphatic heterocycles. The second-order valence-corrected chi connectivity index (χ2v) is 11.3. The van der Waals surface area contributed by atoms with Gasteiger partial charge in [-0.15, -0.1) is 11.8 Å². The minimum Gasteiger partial charge on any atom is -0.360 e. The minimum absolute atomic E-state index is 0.0311. The topological polar surface area (TPSA) is 113 Å². The van der Waals surface area contributed by atoms with Crippen molar-refractivity contribution in [2.45, 2.75) is 17.1 Å². The Morgan fingerprint density at radius 2 is 1.57 bits per heavy atom. The highest BCUT2D eigenvalue weighted by Crippen LogP contribution is 2.37. The van der Waals surface area contributed by atoms with Crippen LogP contribution in [0.15, 0.2) is 130 Å². The van der Waals surface area contributed by atoms with Crippen molar-refractivity contribution in [1.82, 2.24) is 10.5 Å². The van der Waals surface area contributed by atoms with Crippen LogP contribution < -0.4 is 16.0 Å². The maximum absolute atomic E-state index is 13.5. The van der Waals surface area contributed by atoms with Crippen molar-refractivity contribution in [2.75, 3.05) is 10.6 Å². The Morgan fingerprint density at radius 3 is 2.27 bits per heavy atom. The number of nitrogens with one attached hydrogen (secondary N) is 3. The molecule has 10 heteroatoms. The lowest BCUT2D eigenvalue weighted by Crippen LogP contribution is -2.30. The fourth-order valence-electron chi connectivity index (χ4n) is 4.20. The number of nitrogens with zero attached hydrogens (tertiary/aromatic N) is 1. The van der Waals surface area contributed by atoms with Gasteiger partial charge < -0.3 is 20.5 Å². The molecule has 1 unspecified atom stereocenters. The van der Waals surface area contributed by atoms with Crippen molar-refractivity contribution < 1.29 is 18.9 Å². The molecule has 0 saturated heterocycles. The number of thioether (sulfide) groups is 1. The second-order valence-electron chi connectivity index (χ2n) is 9.64. The number of hydrogen-bond donors (Lipinski definition) is 3. The van der Waals surface area contributed by atoms with Gasteiger partial charge in [-0.2, -0.15) is 0 Å². The number of aromatic nitrogens is 1. The van der Waals surface area contributed by atoms with E-state index in [4.69, 9.17) is 16.1 Å². The molecule has 0 saturated carbocycles. The lowest BCUT2D eigenvalue weighted by molar-refractivity contribution is -0.116. The van der Waals surface area contributed by atoms with Crippen LogP contribution in [0, 0.1) is 6.92 Å². The zero-order valence-electron chi connectivity index (χ0n) is 23.5. The molecule has 0 radical (unpaired) electrons. The molecule has 220 valence electrons. The molecule has 5 aromatic rings. The SMILES string of the molecule is Cc1cc(NC(=O)C(Sc2cccc(NC(=O)/C(=C/c3cccc(Cl)c3)NC(=O)c3ccccc3)c2)c2ccccc2)no1. The summed E-state index contributed by atoms with van der Waals surface area (Å²) < 4.78 is 5.08. The fraction of sp³-hybridized carbons (Fsp3) is 0.0588. The molecular formula is C34H27ClN4O4S. The molecule has 0 aliphatic rings. The number of amides is 3. The Bertz CT molecular complexity index is 1810. The molecule has 3 amide bonds. The summed E-state index contributed by atoms with van der Waals surface area (Å²) in [6.07, 6.45) is 1.56. The van der Waals surface area contributed by atoms with E-state index < -0.39 is 17.1 Å². The first-order valence-corrected chi connectivity index (χ1v) is 14.8. The van der Waals surface area contributed by atoms with Gasteiger partial charge in [0.25, 0.3) is 11.8 Å². The van der Waals surface area contributed by atoms with Crippen molar-refractivity contribution in [3.05, 3.63) is 148 Å². The molecule has 0 fully saturated rings. The Morgan fingerprint density at radius 1 is 0.841 bits per heavy atom. The third-order valence-electron chi connectivity index (χ3n) is 6.25. The highest BCUT2D eigenvalue weighted by atomic mass is 35.5. The van der Waals surface area contributed by atoms with Crippen LogP contribution in [0.4, 0.5) is 11.5 Å². The van der Waals surface area contributed by atoms with Crippen LogP contribution in [0.25, 0.3) is 6.08 Å². The summed E-state index contributed by atoms with van der Waals surface area (Å²) in [6.45, 7) is 1.74. The monoisotopic (exact) mass is 622 g/mol. The van der Waals surface area contributed by atoms with Gasteiger partial charge in [0.1, 0.15) is 16.7 Å². The van der Waals surface area contributed by atoms with Gasteiger partial charge in [0.15, 0.2) is 5.82 Å². The number of benzene rings is 4. The van der Waals surface area contributed by atoms with Crippen molar-refractivity contribution >= 4 is 58.7 Å². The van der Waals surface area contributed by atoms with E-state index in [-0.39, 0.29) is 11.6 Å². The molecule has 0 bridgehead atoms. The number of carbonyl (C=O) groups excluding carboxylic acids is 3. The Kier molecular flexibility index (Phi) is 9.91. The fourth-order valence-corrected chi connectivity index (χ4v) is 5.49. The normalized spacial score (nSPS) is 11.8. The number of anilines is 2. The molecule has 1 atom stereocenters. The summed E-state index contributed by atoms with van der Waals surface area (Å²) in [5.74, 6) is -0.338. The Labute approximate surface area is 263 Å². The molecule has 0 aliphatic carbocycles. The van der Waals surface area contributed by atoms with Gasteiger partial charge in [0.05, 0.1) is 0 Å². The minimum atomic E-state index is -0.623. The predicted molar refractivity (Wildman–Crippen MR) is 173 cm³/mol. The quantitative estimate of drug-likeness (QED) is 0.110. The summed E-state index contributed by atoms with van der Waals surface area (Å²) in [5.41, 5.74) is 2.34. The summed E-state index contributed by atoms with van der Waals surface area (Å²) in [6, 6.07) is 33.7. The van der Waals surface area contributed by atoms with Gasteiger partial charge in [0.2, 0.25) is 5.91 Å². The first-order chi connectivity index (χ1) is 21.3. The van der Waals surface area contributed by atoms with E-state index in [2.05, 4.69) is 21.1 Å². The third-order valence-corrected chi connectivity index (χ3v) is 7.74. The summed E-state index contributed by atoms with van der Waals surface area (Å²) in [7, 11) is 0. The first kappa shape index (κ1) is 30.3. The van der Waals surface area contributed by atoms with Gasteiger partial charge in [0, 0.05) is 27.2 Å². The molecule has 3 N–H and O–H groups in total. The highest BCUT2D eigenvalue weighted by molar-refractivity contribution is 8.00. The van der Waals surface area contributed by atoms with Gasteiger partial charge in [-0.05, 0) is 66.6 Å². The van der Waals surface area contributed by atoms with E-state index in [1.54, 1.807) is 91.9 Å². The van der Waals surface area contributed by atoms with Gasteiger partial charge in [-0.1, -0.05) is 83.5 Å². The number of hydrogen-bond acceptors (Lipinski definition) is 6. The number of carbonyl (C=O) groups is 3. The largest absolute Gasteiger partial charge is 0.360 e. The van der Waals surface area contributed by atoms with Crippen LogP contribution >= 0.6 is 23.4 Å². The molecule has 8 nitrogen and oxygen atoms in total. The van der Waals surface area contributed by atoms with Crippen LogP contribution in [-0.4, -0.2) is 22.9 Å². The smallest absolute Gasteiger partial charge is 0.272 e. The van der Waals surface area contributed by atoms with E-state index in [9.17, 15) is 14.4 Å². The highest BCUT2D eigenvalue weighted by Gasteiger charge is 2.24.